The summed E-state index contributed by atoms with van der Waals surface area (Å²) < 4.78 is 1.93. The quantitative estimate of drug-likeness (QED) is 0.937. The predicted molar refractivity (Wildman–Crippen MR) is 80.7 cm³/mol. The second-order valence-corrected chi connectivity index (χ2v) is 5.47. The first-order valence-electron chi connectivity index (χ1n) is 7.48. The molecule has 4 nitrogen and oxygen atoms in total. The molecule has 1 heterocycles. The average Bonchev–Trinajstić information content (AvgIpc) is 2.89. The highest BCUT2D eigenvalue weighted by Crippen LogP contribution is 2.40. The smallest absolute Gasteiger partial charge is 0.0961 e. The average molecular weight is 281 g/mol. The van der Waals surface area contributed by atoms with Crippen LogP contribution in [-0.2, 0) is 13.0 Å². The van der Waals surface area contributed by atoms with Gasteiger partial charge in [0.25, 0.3) is 0 Å². The molecule has 108 valence electrons. The lowest BCUT2D eigenvalue weighted by Crippen LogP contribution is -2.14. The first-order chi connectivity index (χ1) is 10.3. The third-order valence-corrected chi connectivity index (χ3v) is 4.17. The molecule has 1 aromatic carbocycles. The van der Waals surface area contributed by atoms with Crippen LogP contribution in [0.25, 0.3) is 11.3 Å². The lowest BCUT2D eigenvalue weighted by Gasteiger charge is -2.22. The Morgan fingerprint density at radius 3 is 2.86 bits per heavy atom. The second-order valence-electron chi connectivity index (χ2n) is 5.47. The molecule has 1 unspecified atom stereocenters. The van der Waals surface area contributed by atoms with Crippen LogP contribution in [0.5, 0.6) is 0 Å². The summed E-state index contributed by atoms with van der Waals surface area (Å²) in [5, 5.41) is 23.1. The maximum absolute atomic E-state index is 9.26. The van der Waals surface area contributed by atoms with Crippen molar-refractivity contribution < 1.29 is 5.11 Å². The Balaban J connectivity index is 2.13. The van der Waals surface area contributed by atoms with Gasteiger partial charge in [-0.25, -0.2) is 0 Å². The Labute approximate surface area is 124 Å². The topological polar surface area (TPSA) is 61.8 Å². The number of hydrogen-bond acceptors (Lipinski definition) is 3. The summed E-state index contributed by atoms with van der Waals surface area (Å²) in [5.74, 6) is 0.265. The number of nitriles is 1. The Morgan fingerprint density at radius 1 is 1.33 bits per heavy atom. The Morgan fingerprint density at radius 2 is 2.14 bits per heavy atom. The number of hydrogen-bond donors (Lipinski definition) is 1. The fourth-order valence-electron chi connectivity index (χ4n) is 3.27. The zero-order valence-corrected chi connectivity index (χ0v) is 12.0. The summed E-state index contributed by atoms with van der Waals surface area (Å²) >= 11 is 0. The molecular weight excluding hydrogens is 262 g/mol. The van der Waals surface area contributed by atoms with Gasteiger partial charge in [0.15, 0.2) is 0 Å². The fraction of sp³-hybridized carbons (Fsp3) is 0.412. The molecule has 4 heteroatoms. The van der Waals surface area contributed by atoms with Crippen molar-refractivity contribution in [2.45, 2.75) is 38.1 Å². The minimum atomic E-state index is 0.0886. The molecule has 1 aliphatic rings. The van der Waals surface area contributed by atoms with Gasteiger partial charge in [0.05, 0.1) is 24.9 Å². The summed E-state index contributed by atoms with van der Waals surface area (Å²) in [7, 11) is 0. The van der Waals surface area contributed by atoms with Gasteiger partial charge < -0.3 is 5.11 Å². The van der Waals surface area contributed by atoms with E-state index in [0.29, 0.717) is 13.0 Å². The van der Waals surface area contributed by atoms with Crippen molar-refractivity contribution >= 4 is 0 Å². The van der Waals surface area contributed by atoms with Gasteiger partial charge in [-0.15, -0.1) is 0 Å². The minimum absolute atomic E-state index is 0.0886. The van der Waals surface area contributed by atoms with E-state index in [0.717, 1.165) is 30.5 Å². The Kier molecular flexibility index (Phi) is 4.03. The molecule has 0 spiro atoms. The van der Waals surface area contributed by atoms with Crippen LogP contribution in [0.4, 0.5) is 0 Å². The SMILES string of the molecule is N#CCC1CCCc2c1c(-c1ccccc1)nn2CCO. The van der Waals surface area contributed by atoms with Gasteiger partial charge in [0, 0.05) is 29.2 Å². The van der Waals surface area contributed by atoms with Gasteiger partial charge in [-0.3, -0.25) is 4.68 Å². The van der Waals surface area contributed by atoms with Crippen molar-refractivity contribution in [3.8, 4) is 17.3 Å². The molecule has 1 aromatic heterocycles. The van der Waals surface area contributed by atoms with Gasteiger partial charge in [-0.05, 0) is 19.3 Å². The number of benzene rings is 1. The summed E-state index contributed by atoms with van der Waals surface area (Å²) in [6.45, 7) is 0.611. The van der Waals surface area contributed by atoms with Gasteiger partial charge in [-0.2, -0.15) is 10.4 Å². The van der Waals surface area contributed by atoms with Crippen LogP contribution in [0, 0.1) is 11.3 Å². The lowest BCUT2D eigenvalue weighted by atomic mass is 9.82. The molecular formula is C17H19N3O. The molecule has 0 fully saturated rings. The van der Waals surface area contributed by atoms with E-state index < -0.39 is 0 Å². The number of fused-ring (bicyclic) bond motifs is 1. The molecule has 0 amide bonds. The highest BCUT2D eigenvalue weighted by atomic mass is 16.3. The molecule has 2 aromatic rings. The highest BCUT2D eigenvalue weighted by molar-refractivity contribution is 5.65. The van der Waals surface area contributed by atoms with Crippen LogP contribution in [0.1, 0.15) is 36.4 Å². The van der Waals surface area contributed by atoms with Crippen LogP contribution < -0.4 is 0 Å². The van der Waals surface area contributed by atoms with Crippen molar-refractivity contribution in [1.82, 2.24) is 9.78 Å². The molecule has 1 N–H and O–H groups in total. The van der Waals surface area contributed by atoms with Crippen LogP contribution in [0.2, 0.25) is 0 Å². The van der Waals surface area contributed by atoms with Crippen molar-refractivity contribution in [2.24, 2.45) is 0 Å². The molecule has 0 bridgehead atoms. The van der Waals surface area contributed by atoms with E-state index in [4.69, 9.17) is 10.4 Å². The van der Waals surface area contributed by atoms with Gasteiger partial charge >= 0.3 is 0 Å². The number of rotatable bonds is 4. The van der Waals surface area contributed by atoms with E-state index in [9.17, 15) is 5.11 Å². The first-order valence-corrected chi connectivity index (χ1v) is 7.48. The van der Waals surface area contributed by atoms with Gasteiger partial charge in [0.2, 0.25) is 0 Å². The van der Waals surface area contributed by atoms with Crippen LogP contribution in [0.3, 0.4) is 0 Å². The second kappa shape index (κ2) is 6.11. The molecule has 1 atom stereocenters. The summed E-state index contributed by atoms with van der Waals surface area (Å²) in [6.07, 6.45) is 3.66. The third kappa shape index (κ3) is 2.57. The van der Waals surface area contributed by atoms with E-state index in [1.165, 1.54) is 11.3 Å². The summed E-state index contributed by atoms with van der Waals surface area (Å²) in [5.41, 5.74) is 4.51. The van der Waals surface area contributed by atoms with Crippen LogP contribution in [0.15, 0.2) is 30.3 Å². The largest absolute Gasteiger partial charge is 0.394 e. The van der Waals surface area contributed by atoms with E-state index in [1.807, 2.05) is 22.9 Å². The zero-order valence-electron chi connectivity index (χ0n) is 12.0. The highest BCUT2D eigenvalue weighted by Gasteiger charge is 2.28. The van der Waals surface area contributed by atoms with Gasteiger partial charge in [-0.1, -0.05) is 30.3 Å². The summed E-state index contributed by atoms with van der Waals surface area (Å²) in [6, 6.07) is 12.4. The minimum Gasteiger partial charge on any atom is -0.394 e. The van der Waals surface area contributed by atoms with Crippen molar-refractivity contribution in [3.63, 3.8) is 0 Å². The maximum atomic E-state index is 9.26. The molecule has 1 aliphatic carbocycles. The van der Waals surface area contributed by atoms with Crippen molar-refractivity contribution in [1.29, 1.82) is 5.26 Å². The molecule has 0 saturated heterocycles. The summed E-state index contributed by atoms with van der Waals surface area (Å²) in [4.78, 5) is 0. The molecule has 21 heavy (non-hydrogen) atoms. The Hall–Kier alpha value is -2.12. The van der Waals surface area contributed by atoms with Crippen LogP contribution >= 0.6 is 0 Å². The zero-order chi connectivity index (χ0) is 14.7. The molecule has 0 radical (unpaired) electrons. The van der Waals surface area contributed by atoms with Gasteiger partial charge in [0.1, 0.15) is 0 Å². The van der Waals surface area contributed by atoms with Crippen molar-refractivity contribution in [3.05, 3.63) is 41.6 Å². The number of aromatic nitrogens is 2. The molecule has 3 rings (SSSR count). The fourth-order valence-corrected chi connectivity index (χ4v) is 3.27. The monoisotopic (exact) mass is 281 g/mol. The van der Waals surface area contributed by atoms with Crippen molar-refractivity contribution in [2.75, 3.05) is 6.61 Å². The number of aliphatic hydroxyl groups excluding tert-OH is 1. The first kappa shape index (κ1) is 13.8. The van der Waals surface area contributed by atoms with Crippen LogP contribution in [-0.4, -0.2) is 21.5 Å². The third-order valence-electron chi connectivity index (χ3n) is 4.17. The predicted octanol–water partition coefficient (Wildman–Crippen LogP) is 2.88. The number of aliphatic hydroxyl groups is 1. The standard InChI is InChI=1S/C17H19N3O/c18-10-9-13-7-4-8-15-16(13)17(19-20(15)11-12-21)14-5-2-1-3-6-14/h1-3,5-6,13,21H,4,7-9,11-12H2. The van der Waals surface area contributed by atoms with E-state index in [2.05, 4.69) is 18.2 Å². The lowest BCUT2D eigenvalue weighted by molar-refractivity contribution is 0.266. The Bertz CT molecular complexity index is 655. The maximum Gasteiger partial charge on any atom is 0.0961 e. The number of nitrogens with zero attached hydrogens (tertiary/aromatic N) is 3. The van der Waals surface area contributed by atoms with E-state index in [1.54, 1.807) is 0 Å². The normalized spacial score (nSPS) is 17.2. The van der Waals surface area contributed by atoms with E-state index in [-0.39, 0.29) is 12.5 Å². The van der Waals surface area contributed by atoms with E-state index >= 15 is 0 Å². The molecule has 0 aliphatic heterocycles. The molecule has 0 saturated carbocycles.